The third kappa shape index (κ3) is 2.92. The molecule has 0 radical (unpaired) electrons. The van der Waals surface area contributed by atoms with Crippen molar-refractivity contribution in [3.05, 3.63) is 41.4 Å². The summed E-state index contributed by atoms with van der Waals surface area (Å²) in [5, 5.41) is 7.98. The molecular formula is C14H15N5OS. The lowest BCUT2D eigenvalue weighted by atomic mass is 10.2. The Morgan fingerprint density at radius 3 is 3.10 bits per heavy atom. The molecule has 108 valence electrons. The maximum absolute atomic E-state index is 12.2. The summed E-state index contributed by atoms with van der Waals surface area (Å²) in [4.78, 5) is 20.5. The molecule has 1 aromatic carbocycles. The van der Waals surface area contributed by atoms with Crippen LogP contribution in [0.3, 0.4) is 0 Å². The van der Waals surface area contributed by atoms with Gasteiger partial charge in [-0.05, 0) is 32.0 Å². The van der Waals surface area contributed by atoms with Crippen molar-refractivity contribution in [2.75, 3.05) is 6.54 Å². The number of nitrogens with zero attached hydrogens (tertiary/aromatic N) is 4. The molecular weight excluding hydrogens is 286 g/mol. The lowest BCUT2D eigenvalue weighted by Crippen LogP contribution is -2.29. The Bertz CT molecular complexity index is 765. The number of carbonyl (C=O) groups excluding carboxylic acids is 1. The second-order valence-corrected chi connectivity index (χ2v) is 6.08. The standard InChI is InChI=1S/C14H15N5OS/c1-9(19-8-15-7-17-19)6-16-14(20)11-3-4-12-13(5-11)21-10(2)18-12/h3-5,7-9H,6H2,1-2H3,(H,16,20)/t9-/m1/s1. The van der Waals surface area contributed by atoms with Crippen LogP contribution in [0.1, 0.15) is 28.3 Å². The van der Waals surface area contributed by atoms with Gasteiger partial charge in [-0.2, -0.15) is 5.10 Å². The van der Waals surface area contributed by atoms with Crippen LogP contribution in [0.2, 0.25) is 0 Å². The molecule has 3 aromatic rings. The van der Waals surface area contributed by atoms with Gasteiger partial charge in [-0.1, -0.05) is 0 Å². The number of amides is 1. The normalized spacial score (nSPS) is 12.5. The first-order chi connectivity index (χ1) is 10.1. The molecule has 0 saturated heterocycles. The van der Waals surface area contributed by atoms with E-state index in [1.54, 1.807) is 28.4 Å². The monoisotopic (exact) mass is 301 g/mol. The number of thiazole rings is 1. The molecule has 0 spiro atoms. The average Bonchev–Trinajstić information content (AvgIpc) is 3.11. The molecule has 0 unspecified atom stereocenters. The Morgan fingerprint density at radius 1 is 1.48 bits per heavy atom. The fourth-order valence-electron chi connectivity index (χ4n) is 2.06. The van der Waals surface area contributed by atoms with Crippen molar-refractivity contribution in [1.29, 1.82) is 0 Å². The minimum atomic E-state index is -0.0880. The molecule has 0 aliphatic rings. The predicted molar refractivity (Wildman–Crippen MR) is 81.4 cm³/mol. The van der Waals surface area contributed by atoms with Gasteiger partial charge in [0.15, 0.2) is 0 Å². The number of fused-ring (bicyclic) bond motifs is 1. The van der Waals surface area contributed by atoms with Gasteiger partial charge in [-0.3, -0.25) is 4.79 Å². The minimum absolute atomic E-state index is 0.0610. The highest BCUT2D eigenvalue weighted by Crippen LogP contribution is 2.22. The summed E-state index contributed by atoms with van der Waals surface area (Å²) in [6, 6.07) is 5.63. The number of aromatic nitrogens is 4. The molecule has 2 aromatic heterocycles. The highest BCUT2D eigenvalue weighted by molar-refractivity contribution is 7.18. The maximum atomic E-state index is 12.2. The zero-order valence-corrected chi connectivity index (χ0v) is 12.6. The lowest BCUT2D eigenvalue weighted by Gasteiger charge is -2.12. The third-order valence-corrected chi connectivity index (χ3v) is 4.14. The van der Waals surface area contributed by atoms with Crippen LogP contribution in [0.4, 0.5) is 0 Å². The highest BCUT2D eigenvalue weighted by atomic mass is 32.1. The first-order valence-corrected chi connectivity index (χ1v) is 7.44. The summed E-state index contributed by atoms with van der Waals surface area (Å²) in [6.07, 6.45) is 3.13. The number of nitrogens with one attached hydrogen (secondary N) is 1. The van der Waals surface area contributed by atoms with Crippen LogP contribution in [-0.2, 0) is 0 Å². The van der Waals surface area contributed by atoms with Crippen molar-refractivity contribution in [1.82, 2.24) is 25.1 Å². The van der Waals surface area contributed by atoms with E-state index in [2.05, 4.69) is 20.4 Å². The van der Waals surface area contributed by atoms with E-state index in [9.17, 15) is 4.79 Å². The predicted octanol–water partition coefficient (Wildman–Crippen LogP) is 2.19. The van der Waals surface area contributed by atoms with Crippen molar-refractivity contribution >= 4 is 27.5 Å². The first kappa shape index (κ1) is 13.7. The Kier molecular flexibility index (Phi) is 3.66. The number of carbonyl (C=O) groups is 1. The van der Waals surface area contributed by atoms with E-state index in [0.717, 1.165) is 15.2 Å². The van der Waals surface area contributed by atoms with Gasteiger partial charge in [0.05, 0.1) is 21.3 Å². The molecule has 21 heavy (non-hydrogen) atoms. The fraction of sp³-hybridized carbons (Fsp3) is 0.286. The van der Waals surface area contributed by atoms with Crippen molar-refractivity contribution in [2.24, 2.45) is 0 Å². The average molecular weight is 301 g/mol. The summed E-state index contributed by atoms with van der Waals surface area (Å²) in [7, 11) is 0. The van der Waals surface area contributed by atoms with Gasteiger partial charge in [-0.25, -0.2) is 14.6 Å². The third-order valence-electron chi connectivity index (χ3n) is 3.20. The number of hydrogen-bond donors (Lipinski definition) is 1. The van der Waals surface area contributed by atoms with Crippen molar-refractivity contribution in [3.8, 4) is 0 Å². The molecule has 2 heterocycles. The Balaban J connectivity index is 1.69. The van der Waals surface area contributed by atoms with Crippen molar-refractivity contribution in [2.45, 2.75) is 19.9 Å². The van der Waals surface area contributed by atoms with Crippen LogP contribution in [0.5, 0.6) is 0 Å². The summed E-state index contributed by atoms with van der Waals surface area (Å²) in [5.74, 6) is -0.0880. The Hall–Kier alpha value is -2.28. The number of rotatable bonds is 4. The van der Waals surface area contributed by atoms with E-state index in [1.165, 1.54) is 6.33 Å². The van der Waals surface area contributed by atoms with Crippen LogP contribution in [0.15, 0.2) is 30.9 Å². The number of benzene rings is 1. The van der Waals surface area contributed by atoms with Crippen LogP contribution in [0.25, 0.3) is 10.2 Å². The largest absolute Gasteiger partial charge is 0.350 e. The van der Waals surface area contributed by atoms with E-state index in [1.807, 2.05) is 26.0 Å². The molecule has 1 N–H and O–H groups in total. The molecule has 1 atom stereocenters. The second-order valence-electron chi connectivity index (χ2n) is 4.85. The van der Waals surface area contributed by atoms with Crippen molar-refractivity contribution in [3.63, 3.8) is 0 Å². The van der Waals surface area contributed by atoms with Crippen LogP contribution in [0, 0.1) is 6.92 Å². The Morgan fingerprint density at radius 2 is 2.33 bits per heavy atom. The molecule has 0 aliphatic carbocycles. The van der Waals surface area contributed by atoms with Gasteiger partial charge in [0.25, 0.3) is 5.91 Å². The van der Waals surface area contributed by atoms with Gasteiger partial charge in [0.1, 0.15) is 12.7 Å². The summed E-state index contributed by atoms with van der Waals surface area (Å²) >= 11 is 1.59. The lowest BCUT2D eigenvalue weighted by molar-refractivity contribution is 0.0948. The van der Waals surface area contributed by atoms with Crippen molar-refractivity contribution < 1.29 is 4.79 Å². The fourth-order valence-corrected chi connectivity index (χ4v) is 2.93. The zero-order chi connectivity index (χ0) is 14.8. The topological polar surface area (TPSA) is 72.7 Å². The number of hydrogen-bond acceptors (Lipinski definition) is 5. The van der Waals surface area contributed by atoms with Crippen LogP contribution >= 0.6 is 11.3 Å². The van der Waals surface area contributed by atoms with E-state index in [-0.39, 0.29) is 11.9 Å². The van der Waals surface area contributed by atoms with Crippen LogP contribution < -0.4 is 5.32 Å². The first-order valence-electron chi connectivity index (χ1n) is 6.63. The molecule has 0 fully saturated rings. The molecule has 6 nitrogen and oxygen atoms in total. The van der Waals surface area contributed by atoms with E-state index in [0.29, 0.717) is 12.1 Å². The summed E-state index contributed by atoms with van der Waals surface area (Å²) < 4.78 is 2.75. The van der Waals surface area contributed by atoms with Gasteiger partial charge in [-0.15, -0.1) is 11.3 Å². The maximum Gasteiger partial charge on any atom is 0.251 e. The smallest absolute Gasteiger partial charge is 0.251 e. The molecule has 3 rings (SSSR count). The molecule has 0 aliphatic heterocycles. The zero-order valence-electron chi connectivity index (χ0n) is 11.8. The number of aryl methyl sites for hydroxylation is 1. The molecule has 1 amide bonds. The van der Waals surface area contributed by atoms with E-state index < -0.39 is 0 Å². The van der Waals surface area contributed by atoms with Crippen LogP contribution in [-0.4, -0.2) is 32.2 Å². The van der Waals surface area contributed by atoms with E-state index in [4.69, 9.17) is 0 Å². The highest BCUT2D eigenvalue weighted by Gasteiger charge is 2.11. The van der Waals surface area contributed by atoms with Gasteiger partial charge >= 0.3 is 0 Å². The van der Waals surface area contributed by atoms with Gasteiger partial charge in [0, 0.05) is 12.1 Å². The Labute approximate surface area is 125 Å². The second kappa shape index (κ2) is 5.61. The van der Waals surface area contributed by atoms with Gasteiger partial charge < -0.3 is 5.32 Å². The molecule has 7 heteroatoms. The van der Waals surface area contributed by atoms with Gasteiger partial charge in [0.2, 0.25) is 0 Å². The SMILES string of the molecule is Cc1nc2ccc(C(=O)NC[C@@H](C)n3cncn3)cc2s1. The molecule has 0 bridgehead atoms. The molecule has 0 saturated carbocycles. The summed E-state index contributed by atoms with van der Waals surface area (Å²) in [6.45, 7) is 4.44. The quantitative estimate of drug-likeness (QED) is 0.801. The van der Waals surface area contributed by atoms with E-state index >= 15 is 0 Å². The summed E-state index contributed by atoms with van der Waals surface area (Å²) in [5.41, 5.74) is 1.59. The minimum Gasteiger partial charge on any atom is -0.350 e.